The van der Waals surface area contributed by atoms with Gasteiger partial charge in [0.25, 0.3) is 0 Å². The Bertz CT molecular complexity index is 576. The summed E-state index contributed by atoms with van der Waals surface area (Å²) in [6.45, 7) is 2.67. The van der Waals surface area contributed by atoms with E-state index in [0.717, 1.165) is 10.7 Å². The highest BCUT2D eigenvalue weighted by Gasteiger charge is 2.47. The molecule has 9 heteroatoms. The highest BCUT2D eigenvalue weighted by atomic mass is 32.2. The minimum Gasteiger partial charge on any atom is -0.252 e. The molecule has 5 nitrogen and oxygen atoms in total. The second-order valence-electron chi connectivity index (χ2n) is 8.03. The summed E-state index contributed by atoms with van der Waals surface area (Å²) < 4.78 is 62.4. The standard InChI is InChI=1S/C16H28F3N3O2S/c1-11-3-4-14-13(9-11)15(21(2)20-14)12-5-7-22(8-6-12)25(23,24)10-16(17,18)19/h11-15,20H,3-10H2,1-2H3. The number of rotatable bonds is 3. The van der Waals surface area contributed by atoms with Gasteiger partial charge < -0.3 is 0 Å². The van der Waals surface area contributed by atoms with Crippen molar-refractivity contribution in [2.24, 2.45) is 17.8 Å². The number of nitrogens with zero attached hydrogens (tertiary/aromatic N) is 2. The van der Waals surface area contributed by atoms with Gasteiger partial charge in [0.1, 0.15) is 0 Å². The highest BCUT2D eigenvalue weighted by molar-refractivity contribution is 7.89. The Morgan fingerprint density at radius 3 is 2.36 bits per heavy atom. The van der Waals surface area contributed by atoms with Gasteiger partial charge >= 0.3 is 6.18 Å². The van der Waals surface area contributed by atoms with Crippen LogP contribution < -0.4 is 5.43 Å². The Morgan fingerprint density at radius 1 is 1.12 bits per heavy atom. The van der Waals surface area contributed by atoms with Crippen LogP contribution in [0.15, 0.2) is 0 Å². The van der Waals surface area contributed by atoms with Gasteiger partial charge in [0.2, 0.25) is 10.0 Å². The van der Waals surface area contributed by atoms with Gasteiger partial charge in [0.05, 0.1) is 0 Å². The zero-order valence-corrected chi connectivity index (χ0v) is 15.6. The number of piperidine rings is 1. The monoisotopic (exact) mass is 383 g/mol. The molecule has 0 aromatic rings. The number of alkyl halides is 3. The van der Waals surface area contributed by atoms with Gasteiger partial charge in [0, 0.05) is 32.2 Å². The zero-order chi connectivity index (χ0) is 18.4. The largest absolute Gasteiger partial charge is 0.404 e. The molecule has 1 N–H and O–H groups in total. The van der Waals surface area contributed by atoms with E-state index in [1.807, 2.05) is 7.05 Å². The highest BCUT2D eigenvalue weighted by Crippen LogP contribution is 2.41. The Labute approximate surface area is 147 Å². The lowest BCUT2D eigenvalue weighted by Crippen LogP contribution is -2.48. The average molecular weight is 383 g/mol. The van der Waals surface area contributed by atoms with E-state index >= 15 is 0 Å². The van der Waals surface area contributed by atoms with Crippen LogP contribution in [0.25, 0.3) is 0 Å². The van der Waals surface area contributed by atoms with Gasteiger partial charge in [-0.3, -0.25) is 5.43 Å². The van der Waals surface area contributed by atoms with Crippen LogP contribution >= 0.6 is 0 Å². The number of hydrogen-bond acceptors (Lipinski definition) is 4. The molecule has 0 amide bonds. The molecule has 4 unspecified atom stereocenters. The molecule has 146 valence electrons. The predicted molar refractivity (Wildman–Crippen MR) is 89.1 cm³/mol. The summed E-state index contributed by atoms with van der Waals surface area (Å²) in [7, 11) is -2.21. The number of hydrazine groups is 1. The molecular weight excluding hydrogens is 355 g/mol. The van der Waals surface area contributed by atoms with Gasteiger partial charge in [-0.15, -0.1) is 0 Å². The molecule has 0 radical (unpaired) electrons. The van der Waals surface area contributed by atoms with Gasteiger partial charge in [-0.25, -0.2) is 17.7 Å². The van der Waals surface area contributed by atoms with Crippen molar-refractivity contribution in [1.29, 1.82) is 0 Å². The van der Waals surface area contributed by atoms with Gasteiger partial charge in [-0.2, -0.15) is 13.2 Å². The minimum absolute atomic E-state index is 0.195. The fourth-order valence-corrected chi connectivity index (χ4v) is 6.42. The van der Waals surface area contributed by atoms with E-state index in [1.165, 1.54) is 12.8 Å². The van der Waals surface area contributed by atoms with E-state index in [9.17, 15) is 21.6 Å². The maximum atomic E-state index is 12.5. The van der Waals surface area contributed by atoms with Crippen LogP contribution in [-0.2, 0) is 10.0 Å². The van der Waals surface area contributed by atoms with Crippen molar-refractivity contribution in [3.63, 3.8) is 0 Å². The lowest BCUT2D eigenvalue weighted by molar-refractivity contribution is -0.107. The molecule has 3 rings (SSSR count). The van der Waals surface area contributed by atoms with Crippen LogP contribution in [0, 0.1) is 17.8 Å². The van der Waals surface area contributed by atoms with Crippen LogP contribution in [0.3, 0.4) is 0 Å². The molecule has 4 atom stereocenters. The van der Waals surface area contributed by atoms with E-state index in [-0.39, 0.29) is 13.1 Å². The van der Waals surface area contributed by atoms with E-state index in [2.05, 4.69) is 17.4 Å². The Kier molecular flexibility index (Phi) is 5.41. The van der Waals surface area contributed by atoms with E-state index < -0.39 is 22.0 Å². The topological polar surface area (TPSA) is 52.6 Å². The Balaban J connectivity index is 1.62. The smallest absolute Gasteiger partial charge is 0.252 e. The summed E-state index contributed by atoms with van der Waals surface area (Å²) in [6, 6.07) is 0.832. The van der Waals surface area contributed by atoms with Gasteiger partial charge in [-0.05, 0) is 49.9 Å². The fraction of sp³-hybridized carbons (Fsp3) is 1.00. The average Bonchev–Trinajstić information content (AvgIpc) is 2.80. The molecule has 3 fully saturated rings. The molecule has 0 bridgehead atoms. The second-order valence-corrected chi connectivity index (χ2v) is 10.00. The summed E-state index contributed by atoms with van der Waals surface area (Å²) >= 11 is 0. The molecule has 0 spiro atoms. The van der Waals surface area contributed by atoms with Crippen molar-refractivity contribution in [1.82, 2.24) is 14.7 Å². The Hall–Kier alpha value is -0.380. The first-order chi connectivity index (χ1) is 11.6. The molecule has 1 aliphatic carbocycles. The predicted octanol–water partition coefficient (Wildman–Crippen LogP) is 2.21. The number of nitrogens with one attached hydrogen (secondary N) is 1. The third-order valence-electron chi connectivity index (χ3n) is 6.14. The number of fused-ring (bicyclic) bond motifs is 1. The van der Waals surface area contributed by atoms with E-state index in [0.29, 0.717) is 42.7 Å². The molecular formula is C16H28F3N3O2S. The lowest BCUT2D eigenvalue weighted by atomic mass is 9.72. The van der Waals surface area contributed by atoms with Gasteiger partial charge in [0.15, 0.2) is 5.75 Å². The number of halogens is 3. The van der Waals surface area contributed by atoms with Crippen molar-refractivity contribution < 1.29 is 21.6 Å². The van der Waals surface area contributed by atoms with Crippen LogP contribution in [-0.4, -0.2) is 61.9 Å². The molecule has 25 heavy (non-hydrogen) atoms. The first-order valence-electron chi connectivity index (χ1n) is 9.10. The summed E-state index contributed by atoms with van der Waals surface area (Å²) in [5, 5.41) is 2.18. The molecule has 0 aromatic heterocycles. The first kappa shape index (κ1) is 19.4. The Morgan fingerprint density at radius 2 is 1.76 bits per heavy atom. The summed E-state index contributed by atoms with van der Waals surface area (Å²) in [5.41, 5.74) is 3.55. The fourth-order valence-electron chi connectivity index (χ4n) is 5.06. The van der Waals surface area contributed by atoms with Crippen LogP contribution in [0.4, 0.5) is 13.2 Å². The summed E-state index contributed by atoms with van der Waals surface area (Å²) in [6.07, 6.45) is 0.126. The van der Waals surface area contributed by atoms with Crippen LogP contribution in [0.1, 0.15) is 39.0 Å². The quantitative estimate of drug-likeness (QED) is 0.812. The third kappa shape index (κ3) is 4.31. The number of hydrogen-bond donors (Lipinski definition) is 1. The molecule has 2 heterocycles. The van der Waals surface area contributed by atoms with Gasteiger partial charge in [-0.1, -0.05) is 6.92 Å². The second kappa shape index (κ2) is 6.98. The van der Waals surface area contributed by atoms with Crippen LogP contribution in [0.2, 0.25) is 0 Å². The molecule has 2 saturated heterocycles. The van der Waals surface area contributed by atoms with Crippen molar-refractivity contribution in [2.45, 2.75) is 57.3 Å². The normalized spacial score (nSPS) is 36.5. The minimum atomic E-state index is -4.68. The number of sulfonamides is 1. The van der Waals surface area contributed by atoms with Crippen molar-refractivity contribution in [2.75, 3.05) is 25.9 Å². The third-order valence-corrected chi connectivity index (χ3v) is 7.98. The molecule has 3 aliphatic rings. The first-order valence-corrected chi connectivity index (χ1v) is 10.7. The summed E-state index contributed by atoms with van der Waals surface area (Å²) in [5.74, 6) is -0.172. The van der Waals surface area contributed by atoms with Crippen molar-refractivity contribution in [3.05, 3.63) is 0 Å². The lowest BCUT2D eigenvalue weighted by Gasteiger charge is -2.40. The molecule has 1 saturated carbocycles. The van der Waals surface area contributed by atoms with Crippen molar-refractivity contribution in [3.8, 4) is 0 Å². The maximum Gasteiger partial charge on any atom is 0.404 e. The van der Waals surface area contributed by atoms with Crippen LogP contribution in [0.5, 0.6) is 0 Å². The maximum absolute atomic E-state index is 12.5. The molecule has 0 aromatic carbocycles. The molecule has 2 aliphatic heterocycles. The van der Waals surface area contributed by atoms with E-state index in [4.69, 9.17) is 0 Å². The van der Waals surface area contributed by atoms with E-state index in [1.54, 1.807) is 0 Å². The SMILES string of the molecule is CC1CCC2NN(C)C(C3CCN(S(=O)(=O)CC(F)(F)F)CC3)C2C1. The van der Waals surface area contributed by atoms with Crippen molar-refractivity contribution >= 4 is 10.0 Å². The zero-order valence-electron chi connectivity index (χ0n) is 14.8. The summed E-state index contributed by atoms with van der Waals surface area (Å²) in [4.78, 5) is 0.